The van der Waals surface area contributed by atoms with Crippen LogP contribution in [0.1, 0.15) is 26.3 Å². The van der Waals surface area contributed by atoms with E-state index in [-0.39, 0.29) is 5.78 Å². The Balaban J connectivity index is 2.88. The average molecular weight is 204 g/mol. The van der Waals surface area contributed by atoms with Gasteiger partial charge >= 0.3 is 0 Å². The first-order chi connectivity index (χ1) is 7.15. The molecule has 2 heteroatoms. The number of allylic oxidation sites excluding steroid dienone is 1. The number of carbonyl (C=O) groups excluding carboxylic acids is 1. The zero-order valence-corrected chi connectivity index (χ0v) is 9.36. The molecule has 0 aliphatic carbocycles. The summed E-state index contributed by atoms with van der Waals surface area (Å²) in [5.74, 6) is 0.781. The van der Waals surface area contributed by atoms with Gasteiger partial charge in [0.05, 0.1) is 0 Å². The van der Waals surface area contributed by atoms with E-state index in [1.54, 1.807) is 6.92 Å². The largest absolute Gasteiger partial charge is 0.482 e. The van der Waals surface area contributed by atoms with E-state index in [0.717, 1.165) is 11.3 Å². The van der Waals surface area contributed by atoms with Crippen LogP contribution in [0.3, 0.4) is 0 Å². The number of ether oxygens (including phenoxy) is 1. The SMILES string of the molecule is CC=Cc1ccccc1OC(C)C(C)=O. The predicted molar refractivity (Wildman–Crippen MR) is 61.9 cm³/mol. The highest BCUT2D eigenvalue weighted by atomic mass is 16.5. The first-order valence-corrected chi connectivity index (χ1v) is 5.04. The monoisotopic (exact) mass is 204 g/mol. The third-order valence-corrected chi connectivity index (χ3v) is 2.14. The van der Waals surface area contributed by atoms with Crippen molar-refractivity contribution in [1.29, 1.82) is 0 Å². The Hall–Kier alpha value is -1.57. The Morgan fingerprint density at radius 3 is 2.67 bits per heavy atom. The standard InChI is InChI=1S/C13H16O2/c1-4-7-12-8-5-6-9-13(12)15-11(3)10(2)14/h4-9,11H,1-3H3. The van der Waals surface area contributed by atoms with Crippen LogP contribution in [0.2, 0.25) is 0 Å². The molecule has 80 valence electrons. The summed E-state index contributed by atoms with van der Waals surface area (Å²) >= 11 is 0. The van der Waals surface area contributed by atoms with Gasteiger partial charge in [0.25, 0.3) is 0 Å². The molecule has 1 aromatic carbocycles. The minimum Gasteiger partial charge on any atom is -0.482 e. The van der Waals surface area contributed by atoms with E-state index >= 15 is 0 Å². The first kappa shape index (κ1) is 11.5. The lowest BCUT2D eigenvalue weighted by molar-refractivity contribution is -0.122. The number of benzene rings is 1. The maximum absolute atomic E-state index is 11.1. The van der Waals surface area contributed by atoms with E-state index < -0.39 is 6.10 Å². The van der Waals surface area contributed by atoms with Gasteiger partial charge in [-0.05, 0) is 26.8 Å². The zero-order chi connectivity index (χ0) is 11.3. The molecule has 0 aliphatic heterocycles. The highest BCUT2D eigenvalue weighted by Gasteiger charge is 2.10. The number of rotatable bonds is 4. The molecular formula is C13H16O2. The summed E-state index contributed by atoms with van der Waals surface area (Å²) in [6.07, 6.45) is 3.51. The third-order valence-electron chi connectivity index (χ3n) is 2.14. The van der Waals surface area contributed by atoms with Gasteiger partial charge in [0.15, 0.2) is 11.9 Å². The number of ketones is 1. The fraction of sp³-hybridized carbons (Fsp3) is 0.308. The summed E-state index contributed by atoms with van der Waals surface area (Å²) in [5.41, 5.74) is 0.994. The van der Waals surface area contributed by atoms with Crippen molar-refractivity contribution in [2.24, 2.45) is 0 Å². The van der Waals surface area contributed by atoms with Gasteiger partial charge < -0.3 is 4.74 Å². The average Bonchev–Trinajstić information content (AvgIpc) is 2.21. The lowest BCUT2D eigenvalue weighted by atomic mass is 10.2. The summed E-state index contributed by atoms with van der Waals surface area (Å²) in [5, 5.41) is 0. The molecule has 0 bridgehead atoms. The van der Waals surface area contributed by atoms with E-state index in [1.807, 2.05) is 43.3 Å². The van der Waals surface area contributed by atoms with Gasteiger partial charge in [-0.2, -0.15) is 0 Å². The fourth-order valence-electron chi connectivity index (χ4n) is 1.18. The number of carbonyl (C=O) groups is 1. The van der Waals surface area contributed by atoms with Crippen molar-refractivity contribution in [2.45, 2.75) is 26.9 Å². The van der Waals surface area contributed by atoms with Crippen LogP contribution in [-0.4, -0.2) is 11.9 Å². The summed E-state index contributed by atoms with van der Waals surface area (Å²) in [6.45, 7) is 5.24. The Morgan fingerprint density at radius 2 is 2.07 bits per heavy atom. The van der Waals surface area contributed by atoms with E-state index in [1.165, 1.54) is 6.92 Å². The third kappa shape index (κ3) is 3.24. The zero-order valence-electron chi connectivity index (χ0n) is 9.36. The molecular weight excluding hydrogens is 188 g/mol. The van der Waals surface area contributed by atoms with Crippen molar-refractivity contribution in [1.82, 2.24) is 0 Å². The van der Waals surface area contributed by atoms with Crippen molar-refractivity contribution < 1.29 is 9.53 Å². The molecule has 0 amide bonds. The van der Waals surface area contributed by atoms with Gasteiger partial charge in [-0.3, -0.25) is 4.79 Å². The molecule has 0 saturated heterocycles. The molecule has 1 atom stereocenters. The van der Waals surface area contributed by atoms with Gasteiger partial charge in [0.1, 0.15) is 5.75 Å². The van der Waals surface area contributed by atoms with Gasteiger partial charge in [-0.25, -0.2) is 0 Å². The van der Waals surface area contributed by atoms with Crippen molar-refractivity contribution >= 4 is 11.9 Å². The Bertz CT molecular complexity index is 367. The summed E-state index contributed by atoms with van der Waals surface area (Å²) in [4.78, 5) is 11.1. The maximum atomic E-state index is 11.1. The minimum absolute atomic E-state index is 0.0327. The van der Waals surface area contributed by atoms with Crippen LogP contribution in [-0.2, 0) is 4.79 Å². The summed E-state index contributed by atoms with van der Waals surface area (Å²) in [7, 11) is 0. The predicted octanol–water partition coefficient (Wildman–Crippen LogP) is 3.08. The van der Waals surface area contributed by atoms with Crippen LogP contribution in [0.4, 0.5) is 0 Å². The lowest BCUT2D eigenvalue weighted by Gasteiger charge is -2.13. The van der Waals surface area contributed by atoms with Gasteiger partial charge in [-0.1, -0.05) is 30.4 Å². The Morgan fingerprint density at radius 1 is 1.40 bits per heavy atom. The summed E-state index contributed by atoms with van der Waals surface area (Å²) < 4.78 is 5.56. The van der Waals surface area contributed by atoms with Crippen molar-refractivity contribution in [3.05, 3.63) is 35.9 Å². The highest BCUT2D eigenvalue weighted by molar-refractivity contribution is 5.80. The smallest absolute Gasteiger partial charge is 0.169 e. The van der Waals surface area contributed by atoms with Gasteiger partial charge in [0.2, 0.25) is 0 Å². The van der Waals surface area contributed by atoms with Gasteiger partial charge in [0, 0.05) is 5.56 Å². The van der Waals surface area contributed by atoms with Crippen molar-refractivity contribution in [2.75, 3.05) is 0 Å². The second-order valence-corrected chi connectivity index (χ2v) is 3.41. The second-order valence-electron chi connectivity index (χ2n) is 3.41. The molecule has 0 aliphatic rings. The molecule has 0 fully saturated rings. The van der Waals surface area contributed by atoms with Crippen LogP contribution in [0, 0.1) is 0 Å². The normalized spacial score (nSPS) is 12.7. The van der Waals surface area contributed by atoms with E-state index in [9.17, 15) is 4.79 Å². The minimum atomic E-state index is -0.392. The Kier molecular flexibility index (Phi) is 4.10. The summed E-state index contributed by atoms with van der Waals surface area (Å²) in [6, 6.07) is 7.67. The number of hydrogen-bond acceptors (Lipinski definition) is 2. The molecule has 2 nitrogen and oxygen atoms in total. The maximum Gasteiger partial charge on any atom is 0.169 e. The molecule has 0 spiro atoms. The van der Waals surface area contributed by atoms with Crippen LogP contribution in [0.15, 0.2) is 30.3 Å². The van der Waals surface area contributed by atoms with Crippen molar-refractivity contribution in [3.8, 4) is 5.75 Å². The Labute approximate surface area is 90.6 Å². The van der Waals surface area contributed by atoms with Crippen LogP contribution >= 0.6 is 0 Å². The van der Waals surface area contributed by atoms with E-state index in [4.69, 9.17) is 4.74 Å². The lowest BCUT2D eigenvalue weighted by Crippen LogP contribution is -2.20. The molecule has 0 aromatic heterocycles. The van der Waals surface area contributed by atoms with Crippen LogP contribution in [0.25, 0.3) is 6.08 Å². The highest BCUT2D eigenvalue weighted by Crippen LogP contribution is 2.20. The fourth-order valence-corrected chi connectivity index (χ4v) is 1.18. The van der Waals surface area contributed by atoms with Crippen LogP contribution < -0.4 is 4.74 Å². The molecule has 1 unspecified atom stereocenters. The van der Waals surface area contributed by atoms with Crippen LogP contribution in [0.5, 0.6) is 5.75 Å². The first-order valence-electron chi connectivity index (χ1n) is 5.04. The molecule has 1 rings (SSSR count). The van der Waals surface area contributed by atoms with Gasteiger partial charge in [-0.15, -0.1) is 0 Å². The number of para-hydroxylation sites is 1. The van der Waals surface area contributed by atoms with E-state index in [0.29, 0.717) is 0 Å². The molecule has 0 heterocycles. The topological polar surface area (TPSA) is 26.3 Å². The molecule has 1 aromatic rings. The molecule has 0 saturated carbocycles. The van der Waals surface area contributed by atoms with E-state index in [2.05, 4.69) is 0 Å². The molecule has 0 radical (unpaired) electrons. The second kappa shape index (κ2) is 5.35. The number of hydrogen-bond donors (Lipinski definition) is 0. The quantitative estimate of drug-likeness (QED) is 0.753. The molecule has 15 heavy (non-hydrogen) atoms. The molecule has 0 N–H and O–H groups in total. The van der Waals surface area contributed by atoms with Crippen molar-refractivity contribution in [3.63, 3.8) is 0 Å². The number of Topliss-reactive ketones (excluding diaryl/α,β-unsaturated/α-hetero) is 1.